The molecular weight excluding hydrogens is 344 g/mol. The second-order valence-electron chi connectivity index (χ2n) is 3.98. The van der Waals surface area contributed by atoms with Crippen LogP contribution in [0.25, 0.3) is 0 Å². The van der Waals surface area contributed by atoms with E-state index in [9.17, 15) is 10.1 Å². The minimum Gasteiger partial charge on any atom is -0.492 e. The van der Waals surface area contributed by atoms with Crippen molar-refractivity contribution in [3.05, 3.63) is 55.2 Å². The van der Waals surface area contributed by atoms with Crippen LogP contribution in [0.2, 0.25) is 0 Å². The van der Waals surface area contributed by atoms with Crippen molar-refractivity contribution >= 4 is 33.0 Å². The van der Waals surface area contributed by atoms with Gasteiger partial charge in [-0.15, -0.1) is 11.3 Å². The standard InChI is InChI=1S/C13H13BrN2O3S/c14-13-6-5-12(20-13)9-15-7-8-19-11-3-1-10(2-4-11)16(17)18/h1-6,15H,7-9H2. The smallest absolute Gasteiger partial charge is 0.269 e. The minimum atomic E-state index is -0.426. The van der Waals surface area contributed by atoms with Gasteiger partial charge in [0.05, 0.1) is 8.71 Å². The topological polar surface area (TPSA) is 64.4 Å². The third kappa shape index (κ3) is 4.59. The van der Waals surface area contributed by atoms with Crippen molar-refractivity contribution < 1.29 is 9.66 Å². The number of benzene rings is 1. The van der Waals surface area contributed by atoms with E-state index in [1.54, 1.807) is 23.5 Å². The molecule has 0 saturated carbocycles. The number of nitro benzene ring substituents is 1. The Labute approximate surface area is 128 Å². The molecule has 1 aromatic heterocycles. The van der Waals surface area contributed by atoms with Crippen LogP contribution in [0, 0.1) is 10.1 Å². The van der Waals surface area contributed by atoms with Crippen molar-refractivity contribution in [2.24, 2.45) is 0 Å². The molecule has 106 valence electrons. The molecule has 2 aromatic rings. The van der Waals surface area contributed by atoms with Gasteiger partial charge in [0.1, 0.15) is 12.4 Å². The Balaban J connectivity index is 1.66. The van der Waals surface area contributed by atoms with Crippen LogP contribution in [0.3, 0.4) is 0 Å². The molecule has 1 heterocycles. The fraction of sp³-hybridized carbons (Fsp3) is 0.231. The van der Waals surface area contributed by atoms with Gasteiger partial charge in [-0.3, -0.25) is 10.1 Å². The molecule has 0 spiro atoms. The second kappa shape index (κ2) is 7.37. The molecule has 20 heavy (non-hydrogen) atoms. The monoisotopic (exact) mass is 356 g/mol. The van der Waals surface area contributed by atoms with Crippen molar-refractivity contribution in [1.82, 2.24) is 5.32 Å². The van der Waals surface area contributed by atoms with E-state index < -0.39 is 4.92 Å². The lowest BCUT2D eigenvalue weighted by atomic mass is 10.3. The van der Waals surface area contributed by atoms with Crippen LogP contribution in [-0.4, -0.2) is 18.1 Å². The summed E-state index contributed by atoms with van der Waals surface area (Å²) in [7, 11) is 0. The van der Waals surface area contributed by atoms with E-state index in [1.807, 2.05) is 6.07 Å². The highest BCUT2D eigenvalue weighted by atomic mass is 79.9. The Morgan fingerprint density at radius 3 is 2.60 bits per heavy atom. The first-order valence-corrected chi connectivity index (χ1v) is 7.58. The number of non-ortho nitro benzene ring substituents is 1. The lowest BCUT2D eigenvalue weighted by molar-refractivity contribution is -0.384. The van der Waals surface area contributed by atoms with Crippen LogP contribution in [0.4, 0.5) is 5.69 Å². The van der Waals surface area contributed by atoms with Crippen LogP contribution in [-0.2, 0) is 6.54 Å². The Bertz CT molecular complexity index is 571. The lowest BCUT2D eigenvalue weighted by Crippen LogP contribution is -2.20. The SMILES string of the molecule is O=[N+]([O-])c1ccc(OCCNCc2ccc(Br)s2)cc1. The molecule has 0 atom stereocenters. The molecule has 0 amide bonds. The maximum Gasteiger partial charge on any atom is 0.269 e. The molecule has 0 aliphatic carbocycles. The number of ether oxygens (including phenoxy) is 1. The molecule has 0 aliphatic rings. The molecule has 0 unspecified atom stereocenters. The summed E-state index contributed by atoms with van der Waals surface area (Å²) in [4.78, 5) is 11.3. The third-order valence-corrected chi connectivity index (χ3v) is 4.15. The van der Waals surface area contributed by atoms with E-state index in [-0.39, 0.29) is 5.69 Å². The lowest BCUT2D eigenvalue weighted by Gasteiger charge is -2.06. The molecule has 1 aromatic carbocycles. The van der Waals surface area contributed by atoms with Crippen LogP contribution in [0.1, 0.15) is 4.88 Å². The number of nitro groups is 1. The van der Waals surface area contributed by atoms with Crippen molar-refractivity contribution in [3.8, 4) is 5.75 Å². The van der Waals surface area contributed by atoms with Gasteiger partial charge in [0, 0.05) is 30.1 Å². The van der Waals surface area contributed by atoms with Crippen LogP contribution >= 0.6 is 27.3 Å². The van der Waals surface area contributed by atoms with Gasteiger partial charge in [-0.25, -0.2) is 0 Å². The highest BCUT2D eigenvalue weighted by Crippen LogP contribution is 2.21. The number of nitrogens with one attached hydrogen (secondary N) is 1. The maximum atomic E-state index is 10.5. The normalized spacial score (nSPS) is 10.4. The predicted octanol–water partition coefficient (Wildman–Crippen LogP) is 3.59. The van der Waals surface area contributed by atoms with Crippen molar-refractivity contribution in [1.29, 1.82) is 0 Å². The van der Waals surface area contributed by atoms with E-state index in [4.69, 9.17) is 4.74 Å². The fourth-order valence-corrected chi connectivity index (χ4v) is 3.02. The summed E-state index contributed by atoms with van der Waals surface area (Å²) in [5, 5.41) is 13.8. The van der Waals surface area contributed by atoms with E-state index in [1.165, 1.54) is 17.0 Å². The average molecular weight is 357 g/mol. The van der Waals surface area contributed by atoms with E-state index in [0.717, 1.165) is 10.3 Å². The molecule has 0 saturated heterocycles. The zero-order chi connectivity index (χ0) is 14.4. The molecule has 0 fully saturated rings. The zero-order valence-corrected chi connectivity index (χ0v) is 12.9. The largest absolute Gasteiger partial charge is 0.492 e. The Morgan fingerprint density at radius 1 is 1.25 bits per heavy atom. The van der Waals surface area contributed by atoms with Crippen molar-refractivity contribution in [2.75, 3.05) is 13.2 Å². The number of hydrogen-bond acceptors (Lipinski definition) is 5. The van der Waals surface area contributed by atoms with Gasteiger partial charge < -0.3 is 10.1 Å². The summed E-state index contributed by atoms with van der Waals surface area (Å²) in [6, 6.07) is 10.2. The number of thiophene rings is 1. The number of rotatable bonds is 7. The Hall–Kier alpha value is -1.44. The van der Waals surface area contributed by atoms with Crippen molar-refractivity contribution in [3.63, 3.8) is 0 Å². The number of hydrogen-bond donors (Lipinski definition) is 1. The summed E-state index contributed by atoms with van der Waals surface area (Å²) >= 11 is 5.12. The Kier molecular flexibility index (Phi) is 5.51. The zero-order valence-electron chi connectivity index (χ0n) is 10.5. The van der Waals surface area contributed by atoms with Gasteiger partial charge in [-0.05, 0) is 40.2 Å². The molecule has 0 bridgehead atoms. The highest BCUT2D eigenvalue weighted by molar-refractivity contribution is 9.11. The molecule has 2 rings (SSSR count). The van der Waals surface area contributed by atoms with E-state index in [2.05, 4.69) is 27.3 Å². The van der Waals surface area contributed by atoms with E-state index >= 15 is 0 Å². The van der Waals surface area contributed by atoms with Gasteiger partial charge in [0.25, 0.3) is 5.69 Å². The predicted molar refractivity (Wildman–Crippen MR) is 82.3 cm³/mol. The molecule has 0 radical (unpaired) electrons. The van der Waals surface area contributed by atoms with Gasteiger partial charge in [-0.2, -0.15) is 0 Å². The quantitative estimate of drug-likeness (QED) is 0.467. The fourth-order valence-electron chi connectivity index (χ4n) is 1.56. The van der Waals surface area contributed by atoms with Gasteiger partial charge >= 0.3 is 0 Å². The summed E-state index contributed by atoms with van der Waals surface area (Å²) < 4.78 is 6.61. The Morgan fingerprint density at radius 2 is 2.00 bits per heavy atom. The molecular formula is C13H13BrN2O3S. The summed E-state index contributed by atoms with van der Waals surface area (Å²) in [6.07, 6.45) is 0. The summed E-state index contributed by atoms with van der Waals surface area (Å²) in [6.45, 7) is 2.04. The number of halogens is 1. The first kappa shape index (κ1) is 15.0. The first-order chi connectivity index (χ1) is 9.65. The van der Waals surface area contributed by atoms with Crippen molar-refractivity contribution in [2.45, 2.75) is 6.54 Å². The molecule has 5 nitrogen and oxygen atoms in total. The van der Waals surface area contributed by atoms with Crippen LogP contribution in [0.5, 0.6) is 5.75 Å². The average Bonchev–Trinajstić information content (AvgIpc) is 2.84. The minimum absolute atomic E-state index is 0.0683. The third-order valence-electron chi connectivity index (χ3n) is 2.52. The molecule has 0 aliphatic heterocycles. The van der Waals surface area contributed by atoms with E-state index in [0.29, 0.717) is 18.9 Å². The van der Waals surface area contributed by atoms with Crippen LogP contribution in [0.15, 0.2) is 40.2 Å². The second-order valence-corrected chi connectivity index (χ2v) is 6.53. The molecule has 7 heteroatoms. The van der Waals surface area contributed by atoms with Gasteiger partial charge in [0.15, 0.2) is 0 Å². The highest BCUT2D eigenvalue weighted by Gasteiger charge is 2.04. The summed E-state index contributed by atoms with van der Waals surface area (Å²) in [5.74, 6) is 0.635. The maximum absolute atomic E-state index is 10.5. The van der Waals surface area contributed by atoms with Gasteiger partial charge in [-0.1, -0.05) is 0 Å². The number of nitrogens with zero attached hydrogens (tertiary/aromatic N) is 1. The van der Waals surface area contributed by atoms with Gasteiger partial charge in [0.2, 0.25) is 0 Å². The molecule has 1 N–H and O–H groups in total. The van der Waals surface area contributed by atoms with Crippen LogP contribution < -0.4 is 10.1 Å². The first-order valence-electron chi connectivity index (χ1n) is 5.97. The summed E-state index contributed by atoms with van der Waals surface area (Å²) in [5.41, 5.74) is 0.0683.